The molecule has 0 spiro atoms. The maximum absolute atomic E-state index is 12.1. The van der Waals surface area contributed by atoms with E-state index in [0.29, 0.717) is 24.5 Å². The number of amides is 2. The van der Waals surface area contributed by atoms with Crippen molar-refractivity contribution in [3.05, 3.63) is 47.5 Å². The number of hydrogen-bond donors (Lipinski definition) is 0. The van der Waals surface area contributed by atoms with Crippen LogP contribution in [0, 0.1) is 5.92 Å². The average molecular weight is 243 g/mol. The van der Waals surface area contributed by atoms with Gasteiger partial charge in [0.05, 0.1) is 6.54 Å². The summed E-state index contributed by atoms with van der Waals surface area (Å²) in [5, 5.41) is 0. The highest BCUT2D eigenvalue weighted by atomic mass is 16.2. The molecule has 0 saturated heterocycles. The molecule has 0 bridgehead atoms. The van der Waals surface area contributed by atoms with Crippen LogP contribution in [0.5, 0.6) is 0 Å². The summed E-state index contributed by atoms with van der Waals surface area (Å²) in [6.45, 7) is 4.44. The van der Waals surface area contributed by atoms with Crippen LogP contribution in [0.4, 0.5) is 0 Å². The average Bonchev–Trinajstić information content (AvgIpc) is 2.58. The summed E-state index contributed by atoms with van der Waals surface area (Å²) >= 11 is 0. The predicted octanol–water partition coefficient (Wildman–Crippen LogP) is 2.53. The molecule has 2 amide bonds. The Morgan fingerprint density at radius 1 is 1.11 bits per heavy atom. The van der Waals surface area contributed by atoms with E-state index in [1.807, 2.05) is 44.2 Å². The SMILES string of the molecule is CC(C)CC1=CC(=O)N(Cc2ccccc2)C1=O. The Morgan fingerprint density at radius 2 is 1.78 bits per heavy atom. The molecule has 3 nitrogen and oxygen atoms in total. The first-order chi connectivity index (χ1) is 8.58. The van der Waals surface area contributed by atoms with E-state index in [9.17, 15) is 9.59 Å². The van der Waals surface area contributed by atoms with Gasteiger partial charge < -0.3 is 0 Å². The summed E-state index contributed by atoms with van der Waals surface area (Å²) in [6, 6.07) is 9.56. The molecule has 0 aromatic heterocycles. The summed E-state index contributed by atoms with van der Waals surface area (Å²) in [6.07, 6.45) is 2.14. The number of benzene rings is 1. The molecule has 1 aliphatic rings. The summed E-state index contributed by atoms with van der Waals surface area (Å²) in [4.78, 5) is 25.2. The van der Waals surface area contributed by atoms with E-state index >= 15 is 0 Å². The highest BCUT2D eigenvalue weighted by Gasteiger charge is 2.30. The molecule has 18 heavy (non-hydrogen) atoms. The number of imide groups is 1. The van der Waals surface area contributed by atoms with E-state index in [-0.39, 0.29) is 11.8 Å². The van der Waals surface area contributed by atoms with E-state index < -0.39 is 0 Å². The molecule has 3 heteroatoms. The molecule has 0 unspecified atom stereocenters. The van der Waals surface area contributed by atoms with Crippen molar-refractivity contribution in [1.29, 1.82) is 0 Å². The van der Waals surface area contributed by atoms with Gasteiger partial charge in [-0.3, -0.25) is 14.5 Å². The minimum atomic E-state index is -0.195. The van der Waals surface area contributed by atoms with E-state index in [4.69, 9.17) is 0 Å². The zero-order chi connectivity index (χ0) is 13.1. The molecule has 1 aromatic rings. The number of nitrogens with zero attached hydrogens (tertiary/aromatic N) is 1. The van der Waals surface area contributed by atoms with Crippen molar-refractivity contribution < 1.29 is 9.59 Å². The monoisotopic (exact) mass is 243 g/mol. The van der Waals surface area contributed by atoms with Gasteiger partial charge in [0.1, 0.15) is 0 Å². The molecule has 0 N–H and O–H groups in total. The molecular weight excluding hydrogens is 226 g/mol. The first-order valence-corrected chi connectivity index (χ1v) is 6.18. The van der Waals surface area contributed by atoms with Crippen LogP contribution in [0.3, 0.4) is 0 Å². The van der Waals surface area contributed by atoms with Gasteiger partial charge in [-0.05, 0) is 17.9 Å². The highest BCUT2D eigenvalue weighted by Crippen LogP contribution is 2.21. The van der Waals surface area contributed by atoms with Crippen molar-refractivity contribution in [2.45, 2.75) is 26.8 Å². The van der Waals surface area contributed by atoms with E-state index in [1.54, 1.807) is 0 Å². The highest BCUT2D eigenvalue weighted by molar-refractivity contribution is 6.16. The van der Waals surface area contributed by atoms with Crippen LogP contribution in [0.25, 0.3) is 0 Å². The second-order valence-corrected chi connectivity index (χ2v) is 4.98. The molecular formula is C15H17NO2. The van der Waals surface area contributed by atoms with Crippen LogP contribution in [0.1, 0.15) is 25.8 Å². The summed E-state index contributed by atoms with van der Waals surface area (Å²) in [5.41, 5.74) is 1.60. The summed E-state index contributed by atoms with van der Waals surface area (Å²) in [5.74, 6) is 0.0433. The Kier molecular flexibility index (Phi) is 3.60. The second-order valence-electron chi connectivity index (χ2n) is 4.98. The fourth-order valence-electron chi connectivity index (χ4n) is 2.06. The first-order valence-electron chi connectivity index (χ1n) is 6.18. The van der Waals surface area contributed by atoms with Crippen LogP contribution in [-0.2, 0) is 16.1 Å². The summed E-state index contributed by atoms with van der Waals surface area (Å²) < 4.78 is 0. The minimum Gasteiger partial charge on any atom is -0.271 e. The number of carbonyl (C=O) groups excluding carboxylic acids is 2. The Labute approximate surface area is 107 Å². The molecule has 1 aromatic carbocycles. The van der Waals surface area contributed by atoms with Gasteiger partial charge >= 0.3 is 0 Å². The van der Waals surface area contributed by atoms with Gasteiger partial charge in [-0.15, -0.1) is 0 Å². The van der Waals surface area contributed by atoms with Crippen molar-refractivity contribution in [3.8, 4) is 0 Å². The van der Waals surface area contributed by atoms with E-state index in [1.165, 1.54) is 11.0 Å². The fraction of sp³-hybridized carbons (Fsp3) is 0.333. The number of rotatable bonds is 4. The quantitative estimate of drug-likeness (QED) is 0.762. The summed E-state index contributed by atoms with van der Waals surface area (Å²) in [7, 11) is 0. The topological polar surface area (TPSA) is 37.4 Å². The van der Waals surface area contributed by atoms with Crippen molar-refractivity contribution in [3.63, 3.8) is 0 Å². The lowest BCUT2D eigenvalue weighted by Gasteiger charge is -2.15. The lowest BCUT2D eigenvalue weighted by molar-refractivity contribution is -0.138. The standard InChI is InChI=1S/C15H17NO2/c1-11(2)8-13-9-14(17)16(15(13)18)10-12-6-4-3-5-7-12/h3-7,9,11H,8,10H2,1-2H3. The normalized spacial score (nSPS) is 15.5. The lowest BCUT2D eigenvalue weighted by atomic mass is 10.0. The third-order valence-electron chi connectivity index (χ3n) is 2.90. The molecule has 0 radical (unpaired) electrons. The maximum Gasteiger partial charge on any atom is 0.257 e. The molecule has 1 heterocycles. The van der Waals surface area contributed by atoms with Crippen LogP contribution < -0.4 is 0 Å². The largest absolute Gasteiger partial charge is 0.271 e. The van der Waals surface area contributed by atoms with Crippen LogP contribution in [0.2, 0.25) is 0 Å². The number of carbonyl (C=O) groups is 2. The van der Waals surface area contributed by atoms with Crippen molar-refractivity contribution in [2.24, 2.45) is 5.92 Å². The van der Waals surface area contributed by atoms with Crippen molar-refractivity contribution >= 4 is 11.8 Å². The van der Waals surface area contributed by atoms with E-state index in [2.05, 4.69) is 0 Å². The van der Waals surface area contributed by atoms with Crippen molar-refractivity contribution in [1.82, 2.24) is 4.90 Å². The molecule has 94 valence electrons. The van der Waals surface area contributed by atoms with Gasteiger partial charge in [0, 0.05) is 11.6 Å². The van der Waals surface area contributed by atoms with Crippen LogP contribution >= 0.6 is 0 Å². The Bertz CT molecular complexity index is 488. The minimum absolute atomic E-state index is 0.141. The smallest absolute Gasteiger partial charge is 0.257 e. The van der Waals surface area contributed by atoms with Crippen LogP contribution in [-0.4, -0.2) is 16.7 Å². The Morgan fingerprint density at radius 3 is 2.39 bits per heavy atom. The predicted molar refractivity (Wildman–Crippen MR) is 69.5 cm³/mol. The van der Waals surface area contributed by atoms with Gasteiger partial charge in [-0.1, -0.05) is 44.2 Å². The van der Waals surface area contributed by atoms with Gasteiger partial charge in [0.15, 0.2) is 0 Å². The van der Waals surface area contributed by atoms with Gasteiger partial charge in [0.25, 0.3) is 11.8 Å². The maximum atomic E-state index is 12.1. The fourth-order valence-corrected chi connectivity index (χ4v) is 2.06. The molecule has 1 aliphatic heterocycles. The number of hydrogen-bond acceptors (Lipinski definition) is 2. The Balaban J connectivity index is 2.09. The molecule has 0 fully saturated rings. The van der Waals surface area contributed by atoms with E-state index in [0.717, 1.165) is 5.56 Å². The lowest BCUT2D eigenvalue weighted by Crippen LogP contribution is -2.30. The van der Waals surface area contributed by atoms with Gasteiger partial charge in [0.2, 0.25) is 0 Å². The van der Waals surface area contributed by atoms with Crippen LogP contribution in [0.15, 0.2) is 42.0 Å². The second kappa shape index (κ2) is 5.17. The zero-order valence-corrected chi connectivity index (χ0v) is 10.7. The van der Waals surface area contributed by atoms with Gasteiger partial charge in [-0.25, -0.2) is 0 Å². The third-order valence-corrected chi connectivity index (χ3v) is 2.90. The first kappa shape index (κ1) is 12.6. The molecule has 0 saturated carbocycles. The third kappa shape index (κ3) is 2.67. The molecule has 0 atom stereocenters. The molecule has 0 aliphatic carbocycles. The Hall–Kier alpha value is -1.90. The molecule has 2 rings (SSSR count). The van der Waals surface area contributed by atoms with Gasteiger partial charge in [-0.2, -0.15) is 0 Å². The zero-order valence-electron chi connectivity index (χ0n) is 10.7. The van der Waals surface area contributed by atoms with Crippen molar-refractivity contribution in [2.75, 3.05) is 0 Å².